The standard InChI is InChI=1S/C14H21N5/c1-3-15-9-11-5-4-8-19(11)14-13-12(6-7-16-14)18(2)10-17-13/h6-7,10-11,15H,3-5,8-9H2,1-2H3. The van der Waals surface area contributed by atoms with E-state index in [1.807, 2.05) is 25.6 Å². The predicted molar refractivity (Wildman–Crippen MR) is 77.4 cm³/mol. The van der Waals surface area contributed by atoms with Crippen molar-refractivity contribution in [1.82, 2.24) is 19.9 Å². The van der Waals surface area contributed by atoms with Crippen LogP contribution in [0.4, 0.5) is 5.82 Å². The Hall–Kier alpha value is -1.62. The highest BCUT2D eigenvalue weighted by molar-refractivity contribution is 5.86. The Morgan fingerprint density at radius 1 is 1.42 bits per heavy atom. The van der Waals surface area contributed by atoms with Crippen LogP contribution >= 0.6 is 0 Å². The summed E-state index contributed by atoms with van der Waals surface area (Å²) in [5, 5.41) is 3.45. The van der Waals surface area contributed by atoms with Crippen molar-refractivity contribution >= 4 is 16.9 Å². The molecule has 0 saturated carbocycles. The summed E-state index contributed by atoms with van der Waals surface area (Å²) >= 11 is 0. The van der Waals surface area contributed by atoms with Gasteiger partial charge < -0.3 is 14.8 Å². The van der Waals surface area contributed by atoms with Crippen LogP contribution in [-0.2, 0) is 7.05 Å². The Bertz CT molecular complexity index is 562. The summed E-state index contributed by atoms with van der Waals surface area (Å²) in [6.45, 7) is 5.28. The highest BCUT2D eigenvalue weighted by Gasteiger charge is 2.27. The molecule has 3 rings (SSSR count). The van der Waals surface area contributed by atoms with Crippen LogP contribution in [0.5, 0.6) is 0 Å². The monoisotopic (exact) mass is 259 g/mol. The van der Waals surface area contributed by atoms with Crippen LogP contribution in [0.15, 0.2) is 18.6 Å². The lowest BCUT2D eigenvalue weighted by atomic mass is 10.2. The summed E-state index contributed by atoms with van der Waals surface area (Å²) in [5.41, 5.74) is 2.17. The zero-order valence-corrected chi connectivity index (χ0v) is 11.6. The van der Waals surface area contributed by atoms with Crippen molar-refractivity contribution in [3.8, 4) is 0 Å². The number of nitrogens with zero attached hydrogens (tertiary/aromatic N) is 4. The molecule has 1 fully saturated rings. The highest BCUT2D eigenvalue weighted by Crippen LogP contribution is 2.28. The summed E-state index contributed by atoms with van der Waals surface area (Å²) < 4.78 is 2.05. The molecule has 102 valence electrons. The van der Waals surface area contributed by atoms with Crippen molar-refractivity contribution in [1.29, 1.82) is 0 Å². The van der Waals surface area contributed by atoms with Crippen LogP contribution < -0.4 is 10.2 Å². The molecule has 5 nitrogen and oxygen atoms in total. The van der Waals surface area contributed by atoms with Gasteiger partial charge in [-0.05, 0) is 25.5 Å². The molecule has 0 spiro atoms. The zero-order valence-electron chi connectivity index (χ0n) is 11.6. The third-order valence-electron chi connectivity index (χ3n) is 3.90. The number of pyridine rings is 1. The van der Waals surface area contributed by atoms with Crippen molar-refractivity contribution in [2.75, 3.05) is 24.5 Å². The number of imidazole rings is 1. The highest BCUT2D eigenvalue weighted by atomic mass is 15.3. The van der Waals surface area contributed by atoms with Crippen molar-refractivity contribution in [3.05, 3.63) is 18.6 Å². The van der Waals surface area contributed by atoms with E-state index < -0.39 is 0 Å². The van der Waals surface area contributed by atoms with Crippen LogP contribution in [0.25, 0.3) is 11.0 Å². The molecule has 0 aliphatic carbocycles. The summed E-state index contributed by atoms with van der Waals surface area (Å²) in [5.74, 6) is 1.04. The van der Waals surface area contributed by atoms with Crippen molar-refractivity contribution in [2.45, 2.75) is 25.8 Å². The van der Waals surface area contributed by atoms with Gasteiger partial charge >= 0.3 is 0 Å². The molecule has 1 saturated heterocycles. The summed E-state index contributed by atoms with van der Waals surface area (Å²) in [4.78, 5) is 11.5. The van der Waals surface area contributed by atoms with Crippen LogP contribution in [0.2, 0.25) is 0 Å². The maximum atomic E-state index is 4.58. The van der Waals surface area contributed by atoms with Gasteiger partial charge in [-0.2, -0.15) is 0 Å². The first-order valence-electron chi connectivity index (χ1n) is 7.04. The molecule has 1 aliphatic heterocycles. The minimum atomic E-state index is 0.542. The van der Waals surface area contributed by atoms with Crippen molar-refractivity contribution in [3.63, 3.8) is 0 Å². The lowest BCUT2D eigenvalue weighted by Crippen LogP contribution is -2.38. The molecular formula is C14H21N5. The first-order valence-corrected chi connectivity index (χ1v) is 7.04. The number of nitrogens with one attached hydrogen (secondary N) is 1. The van der Waals surface area contributed by atoms with Crippen molar-refractivity contribution < 1.29 is 0 Å². The van der Waals surface area contributed by atoms with E-state index in [0.717, 1.165) is 36.5 Å². The van der Waals surface area contributed by atoms with Crippen LogP contribution in [0.3, 0.4) is 0 Å². The number of hydrogen-bond acceptors (Lipinski definition) is 4. The zero-order chi connectivity index (χ0) is 13.2. The van der Waals surface area contributed by atoms with Gasteiger partial charge in [0.1, 0.15) is 5.52 Å². The molecule has 0 bridgehead atoms. The topological polar surface area (TPSA) is 46.0 Å². The summed E-state index contributed by atoms with van der Waals surface area (Å²) in [6, 6.07) is 2.57. The van der Waals surface area contributed by atoms with Crippen molar-refractivity contribution in [2.24, 2.45) is 7.05 Å². The fraction of sp³-hybridized carbons (Fsp3) is 0.571. The SMILES string of the molecule is CCNCC1CCCN1c1nccc2c1ncn2C. The van der Waals surface area contributed by atoms with E-state index in [4.69, 9.17) is 0 Å². The van der Waals surface area contributed by atoms with Crippen LogP contribution in [-0.4, -0.2) is 40.2 Å². The lowest BCUT2D eigenvalue weighted by molar-refractivity contribution is 0.585. The normalized spacial score (nSPS) is 19.5. The maximum Gasteiger partial charge on any atom is 0.157 e. The molecule has 5 heteroatoms. The van der Waals surface area contributed by atoms with E-state index in [9.17, 15) is 0 Å². The van der Waals surface area contributed by atoms with Crippen LogP contribution in [0.1, 0.15) is 19.8 Å². The number of aromatic nitrogens is 3. The third kappa shape index (κ3) is 2.18. The fourth-order valence-electron chi connectivity index (χ4n) is 2.90. The largest absolute Gasteiger partial charge is 0.351 e. The molecule has 3 heterocycles. The Kier molecular flexibility index (Phi) is 3.38. The number of aryl methyl sites for hydroxylation is 1. The smallest absolute Gasteiger partial charge is 0.157 e. The lowest BCUT2D eigenvalue weighted by Gasteiger charge is -2.26. The predicted octanol–water partition coefficient (Wildman–Crippen LogP) is 1.55. The Morgan fingerprint density at radius 2 is 2.32 bits per heavy atom. The second-order valence-electron chi connectivity index (χ2n) is 5.15. The molecule has 0 aromatic carbocycles. The fourth-order valence-corrected chi connectivity index (χ4v) is 2.90. The van der Waals surface area contributed by atoms with E-state index in [-0.39, 0.29) is 0 Å². The van der Waals surface area contributed by atoms with Gasteiger partial charge in [-0.3, -0.25) is 0 Å². The molecule has 1 N–H and O–H groups in total. The Balaban J connectivity index is 1.94. The van der Waals surface area contributed by atoms with Gasteiger partial charge in [-0.15, -0.1) is 0 Å². The van der Waals surface area contributed by atoms with Gasteiger partial charge in [0.15, 0.2) is 5.82 Å². The quantitative estimate of drug-likeness (QED) is 0.905. The number of hydrogen-bond donors (Lipinski definition) is 1. The van der Waals surface area contributed by atoms with E-state index >= 15 is 0 Å². The van der Waals surface area contributed by atoms with Crippen LogP contribution in [0, 0.1) is 0 Å². The van der Waals surface area contributed by atoms with E-state index in [2.05, 4.69) is 31.7 Å². The average Bonchev–Trinajstić information content (AvgIpc) is 3.03. The minimum absolute atomic E-state index is 0.542. The van der Waals surface area contributed by atoms with E-state index in [1.165, 1.54) is 12.8 Å². The van der Waals surface area contributed by atoms with Gasteiger partial charge in [0.05, 0.1) is 11.8 Å². The van der Waals surface area contributed by atoms with Gasteiger partial charge in [-0.25, -0.2) is 9.97 Å². The number of rotatable bonds is 4. The third-order valence-corrected chi connectivity index (χ3v) is 3.90. The van der Waals surface area contributed by atoms with E-state index in [0.29, 0.717) is 6.04 Å². The average molecular weight is 259 g/mol. The van der Waals surface area contributed by atoms with Gasteiger partial charge in [0.2, 0.25) is 0 Å². The second-order valence-corrected chi connectivity index (χ2v) is 5.15. The molecule has 1 unspecified atom stereocenters. The first kappa shape index (κ1) is 12.4. The van der Waals surface area contributed by atoms with Gasteiger partial charge in [-0.1, -0.05) is 6.92 Å². The van der Waals surface area contributed by atoms with E-state index in [1.54, 1.807) is 0 Å². The molecule has 1 atom stereocenters. The van der Waals surface area contributed by atoms with Gasteiger partial charge in [0.25, 0.3) is 0 Å². The minimum Gasteiger partial charge on any atom is -0.351 e. The summed E-state index contributed by atoms with van der Waals surface area (Å²) in [7, 11) is 2.03. The number of likely N-dealkylation sites (N-methyl/N-ethyl adjacent to an activating group) is 1. The number of fused-ring (bicyclic) bond motifs is 1. The summed E-state index contributed by atoms with van der Waals surface area (Å²) in [6.07, 6.45) is 6.23. The molecule has 0 radical (unpaired) electrons. The second kappa shape index (κ2) is 5.17. The van der Waals surface area contributed by atoms with Gasteiger partial charge in [0, 0.05) is 32.4 Å². The molecule has 2 aromatic heterocycles. The maximum absolute atomic E-state index is 4.58. The molecule has 1 aliphatic rings. The molecular weight excluding hydrogens is 238 g/mol. The molecule has 19 heavy (non-hydrogen) atoms. The Morgan fingerprint density at radius 3 is 3.16 bits per heavy atom. The molecule has 0 amide bonds. The number of anilines is 1. The Labute approximate surface area is 113 Å². The first-order chi connectivity index (χ1) is 9.31. The molecule has 2 aromatic rings.